The van der Waals surface area contributed by atoms with Gasteiger partial charge in [0.05, 0.1) is 18.8 Å². The first kappa shape index (κ1) is 17.7. The maximum atomic E-state index is 12.3. The smallest absolute Gasteiger partial charge is 0.236 e. The fourth-order valence-electron chi connectivity index (χ4n) is 3.05. The van der Waals surface area contributed by atoms with Crippen molar-refractivity contribution in [2.45, 2.75) is 38.9 Å². The van der Waals surface area contributed by atoms with Crippen LogP contribution < -0.4 is 5.73 Å². The average molecular weight is 306 g/mol. The maximum Gasteiger partial charge on any atom is 0.236 e. The van der Waals surface area contributed by atoms with E-state index in [9.17, 15) is 4.79 Å². The number of nitrogens with zero attached hydrogens (tertiary/aromatic N) is 2. The van der Waals surface area contributed by atoms with E-state index < -0.39 is 0 Å². The number of halogens is 1. The Morgan fingerprint density at radius 1 is 1.20 bits per heavy atom. The van der Waals surface area contributed by atoms with Gasteiger partial charge in [-0.15, -0.1) is 12.4 Å². The van der Waals surface area contributed by atoms with E-state index in [-0.39, 0.29) is 30.5 Å². The van der Waals surface area contributed by atoms with E-state index in [1.165, 1.54) is 0 Å². The summed E-state index contributed by atoms with van der Waals surface area (Å²) in [6.45, 7) is 8.85. The number of amides is 1. The molecule has 0 bridgehead atoms. The molecule has 20 heavy (non-hydrogen) atoms. The van der Waals surface area contributed by atoms with Gasteiger partial charge in [0.25, 0.3) is 0 Å². The highest BCUT2D eigenvalue weighted by molar-refractivity contribution is 5.85. The highest BCUT2D eigenvalue weighted by atomic mass is 35.5. The van der Waals surface area contributed by atoms with Crippen LogP contribution in [-0.4, -0.2) is 67.2 Å². The fraction of sp³-hybridized carbons (Fsp3) is 0.929. The molecule has 2 aliphatic rings. The number of likely N-dealkylation sites (tertiary alicyclic amines) is 1. The molecule has 0 aliphatic carbocycles. The Labute approximate surface area is 128 Å². The van der Waals surface area contributed by atoms with Crippen LogP contribution in [0.1, 0.15) is 26.7 Å². The monoisotopic (exact) mass is 305 g/mol. The summed E-state index contributed by atoms with van der Waals surface area (Å²) in [5, 5.41) is 0. The summed E-state index contributed by atoms with van der Waals surface area (Å²) in [4.78, 5) is 16.5. The SMILES string of the molecule is CC1CN(C(=O)CN2CCC(CN)CC2)CC(C)O1.Cl. The van der Waals surface area contributed by atoms with Crippen molar-refractivity contribution in [3.05, 3.63) is 0 Å². The summed E-state index contributed by atoms with van der Waals surface area (Å²) in [6.07, 6.45) is 2.55. The summed E-state index contributed by atoms with van der Waals surface area (Å²) < 4.78 is 5.66. The van der Waals surface area contributed by atoms with Crippen molar-refractivity contribution in [1.82, 2.24) is 9.80 Å². The molecule has 118 valence electrons. The molecule has 5 nitrogen and oxygen atoms in total. The molecule has 0 saturated carbocycles. The maximum absolute atomic E-state index is 12.3. The van der Waals surface area contributed by atoms with Gasteiger partial charge in [-0.05, 0) is 52.2 Å². The standard InChI is InChI=1S/C14H27N3O2.ClH/c1-11-8-17(9-12(2)19-11)14(18)10-16-5-3-13(7-15)4-6-16;/h11-13H,3-10,15H2,1-2H3;1H. The van der Waals surface area contributed by atoms with Crippen LogP contribution in [0, 0.1) is 5.92 Å². The number of piperidine rings is 1. The molecule has 1 amide bonds. The molecule has 2 saturated heterocycles. The first-order valence-electron chi connectivity index (χ1n) is 7.44. The molecule has 2 aliphatic heterocycles. The van der Waals surface area contributed by atoms with Gasteiger partial charge in [0, 0.05) is 13.1 Å². The molecule has 2 heterocycles. The number of hydrogen-bond acceptors (Lipinski definition) is 4. The quantitative estimate of drug-likeness (QED) is 0.834. The van der Waals surface area contributed by atoms with Crippen LogP contribution >= 0.6 is 12.4 Å². The van der Waals surface area contributed by atoms with E-state index in [1.54, 1.807) is 0 Å². The van der Waals surface area contributed by atoms with Crippen molar-refractivity contribution < 1.29 is 9.53 Å². The van der Waals surface area contributed by atoms with Gasteiger partial charge in [-0.3, -0.25) is 9.69 Å². The lowest BCUT2D eigenvalue weighted by Gasteiger charge is -2.37. The van der Waals surface area contributed by atoms with E-state index >= 15 is 0 Å². The van der Waals surface area contributed by atoms with Gasteiger partial charge in [-0.2, -0.15) is 0 Å². The van der Waals surface area contributed by atoms with Gasteiger partial charge in [0.15, 0.2) is 0 Å². The Hall–Kier alpha value is -0.360. The zero-order valence-electron chi connectivity index (χ0n) is 12.6. The van der Waals surface area contributed by atoms with Crippen molar-refractivity contribution in [2.24, 2.45) is 11.7 Å². The Balaban J connectivity index is 0.00000200. The second-order valence-corrected chi connectivity index (χ2v) is 6.01. The molecule has 0 spiro atoms. The summed E-state index contributed by atoms with van der Waals surface area (Å²) in [6, 6.07) is 0. The molecule has 0 aromatic rings. The third kappa shape index (κ3) is 4.88. The minimum absolute atomic E-state index is 0. The first-order chi connectivity index (χ1) is 9.08. The third-order valence-electron chi connectivity index (χ3n) is 4.17. The van der Waals surface area contributed by atoms with Gasteiger partial charge in [0.2, 0.25) is 5.91 Å². The molecule has 0 radical (unpaired) electrons. The molecular weight excluding hydrogens is 278 g/mol. The summed E-state index contributed by atoms with van der Waals surface area (Å²) in [5.41, 5.74) is 5.69. The lowest BCUT2D eigenvalue weighted by atomic mass is 9.97. The van der Waals surface area contributed by atoms with Gasteiger partial charge in [-0.1, -0.05) is 0 Å². The van der Waals surface area contributed by atoms with Crippen LogP contribution in [0.4, 0.5) is 0 Å². The van der Waals surface area contributed by atoms with Crippen LogP contribution in [0.25, 0.3) is 0 Å². The van der Waals surface area contributed by atoms with E-state index in [1.807, 2.05) is 18.7 Å². The van der Waals surface area contributed by atoms with E-state index in [4.69, 9.17) is 10.5 Å². The van der Waals surface area contributed by atoms with Crippen LogP contribution in [0.2, 0.25) is 0 Å². The van der Waals surface area contributed by atoms with Crippen molar-refractivity contribution in [3.63, 3.8) is 0 Å². The predicted molar refractivity (Wildman–Crippen MR) is 82.1 cm³/mol. The minimum atomic E-state index is 0. The normalized spacial score (nSPS) is 29.1. The van der Waals surface area contributed by atoms with Gasteiger partial charge < -0.3 is 15.4 Å². The highest BCUT2D eigenvalue weighted by Gasteiger charge is 2.27. The number of ether oxygens (including phenoxy) is 1. The summed E-state index contributed by atoms with van der Waals surface area (Å²) in [5.74, 6) is 0.892. The van der Waals surface area contributed by atoms with Crippen LogP contribution in [0.5, 0.6) is 0 Å². The molecule has 2 atom stereocenters. The fourth-order valence-corrected chi connectivity index (χ4v) is 3.05. The molecule has 0 aromatic heterocycles. The van der Waals surface area contributed by atoms with Crippen LogP contribution in [0.3, 0.4) is 0 Å². The van der Waals surface area contributed by atoms with E-state index in [0.717, 1.165) is 45.6 Å². The molecule has 0 aromatic carbocycles. The van der Waals surface area contributed by atoms with Crippen molar-refractivity contribution in [3.8, 4) is 0 Å². The zero-order chi connectivity index (χ0) is 13.8. The molecule has 2 fully saturated rings. The second kappa shape index (κ2) is 8.17. The van der Waals surface area contributed by atoms with E-state index in [0.29, 0.717) is 12.5 Å². The number of rotatable bonds is 3. The molecule has 2 N–H and O–H groups in total. The Morgan fingerprint density at radius 3 is 2.25 bits per heavy atom. The topological polar surface area (TPSA) is 58.8 Å². The number of carbonyl (C=O) groups excluding carboxylic acids is 1. The van der Waals surface area contributed by atoms with Crippen molar-refractivity contribution >= 4 is 18.3 Å². The lowest BCUT2D eigenvalue weighted by molar-refractivity contribution is -0.144. The molecule has 2 rings (SSSR count). The number of hydrogen-bond donors (Lipinski definition) is 1. The Bertz CT molecular complexity index is 299. The number of carbonyl (C=O) groups is 1. The van der Waals surface area contributed by atoms with Gasteiger partial charge in [0.1, 0.15) is 0 Å². The lowest BCUT2D eigenvalue weighted by Crippen LogP contribution is -2.51. The Kier molecular flexibility index (Phi) is 7.23. The van der Waals surface area contributed by atoms with Gasteiger partial charge >= 0.3 is 0 Å². The summed E-state index contributed by atoms with van der Waals surface area (Å²) >= 11 is 0. The van der Waals surface area contributed by atoms with Crippen LogP contribution in [0.15, 0.2) is 0 Å². The number of nitrogens with two attached hydrogens (primary N) is 1. The Morgan fingerprint density at radius 2 is 1.75 bits per heavy atom. The van der Waals surface area contributed by atoms with Crippen molar-refractivity contribution in [1.29, 1.82) is 0 Å². The minimum Gasteiger partial charge on any atom is -0.372 e. The molecule has 6 heteroatoms. The summed E-state index contributed by atoms with van der Waals surface area (Å²) in [7, 11) is 0. The van der Waals surface area contributed by atoms with Crippen LogP contribution in [-0.2, 0) is 9.53 Å². The van der Waals surface area contributed by atoms with E-state index in [2.05, 4.69) is 4.90 Å². The third-order valence-corrected chi connectivity index (χ3v) is 4.17. The molecule has 2 unspecified atom stereocenters. The highest BCUT2D eigenvalue weighted by Crippen LogP contribution is 2.16. The second-order valence-electron chi connectivity index (χ2n) is 6.01. The predicted octanol–water partition coefficient (Wildman–Crippen LogP) is 0.715. The zero-order valence-corrected chi connectivity index (χ0v) is 13.4. The van der Waals surface area contributed by atoms with Crippen molar-refractivity contribution in [2.75, 3.05) is 39.3 Å². The van der Waals surface area contributed by atoms with Gasteiger partial charge in [-0.25, -0.2) is 0 Å². The average Bonchev–Trinajstić information content (AvgIpc) is 2.38. The largest absolute Gasteiger partial charge is 0.372 e. The molecular formula is C14H28ClN3O2. The number of morpholine rings is 1. The first-order valence-corrected chi connectivity index (χ1v) is 7.44.